The molecule has 0 saturated carbocycles. The third-order valence-corrected chi connectivity index (χ3v) is 7.02. The van der Waals surface area contributed by atoms with Crippen molar-refractivity contribution in [2.75, 3.05) is 23.5 Å². The maximum absolute atomic E-state index is 13.5. The second-order valence-electron chi connectivity index (χ2n) is 8.12. The monoisotopic (exact) mass is 568 g/mol. The number of rotatable bonds is 8. The summed E-state index contributed by atoms with van der Waals surface area (Å²) >= 11 is 13.2. The van der Waals surface area contributed by atoms with Crippen LogP contribution >= 0.6 is 35.0 Å². The van der Waals surface area contributed by atoms with Gasteiger partial charge in [0.15, 0.2) is 0 Å². The Balaban J connectivity index is 1.59. The van der Waals surface area contributed by atoms with E-state index in [0.717, 1.165) is 11.8 Å². The van der Waals surface area contributed by atoms with Crippen LogP contribution in [0.5, 0.6) is 5.75 Å². The molecule has 194 valence electrons. The number of amides is 2. The van der Waals surface area contributed by atoms with Gasteiger partial charge < -0.3 is 25.1 Å². The number of hydrogen-bond donors (Lipinski definition) is 3. The third-order valence-electron chi connectivity index (χ3n) is 5.57. The Morgan fingerprint density at radius 1 is 1.13 bits per heavy atom. The Morgan fingerprint density at radius 3 is 2.53 bits per heavy atom. The molecule has 8 nitrogen and oxygen atoms in total. The summed E-state index contributed by atoms with van der Waals surface area (Å²) in [4.78, 5) is 26.2. The van der Waals surface area contributed by atoms with Gasteiger partial charge in [0.1, 0.15) is 11.5 Å². The first-order valence-electron chi connectivity index (χ1n) is 11.3. The Labute approximate surface area is 233 Å². The number of methoxy groups -OCH3 is 1. The summed E-state index contributed by atoms with van der Waals surface area (Å²) in [5, 5.41) is 20.1. The van der Waals surface area contributed by atoms with Crippen molar-refractivity contribution in [3.63, 3.8) is 0 Å². The fraction of sp³-hybridized carbons (Fsp3) is 0.148. The van der Waals surface area contributed by atoms with Gasteiger partial charge in [0.25, 0.3) is 5.91 Å². The topological polar surface area (TPSA) is 116 Å². The Kier molecular flexibility index (Phi) is 8.69. The summed E-state index contributed by atoms with van der Waals surface area (Å²) in [7, 11) is 1.51. The minimum atomic E-state index is -0.789. The number of carbonyl (C=O) groups excluding carboxylic acids is 2. The molecular weight excluding hydrogens is 547 g/mol. The number of dihydropyridines is 1. The molecule has 2 amide bonds. The predicted molar refractivity (Wildman–Crippen MR) is 149 cm³/mol. The molecule has 0 unspecified atom stereocenters. The fourth-order valence-corrected chi connectivity index (χ4v) is 5.38. The van der Waals surface area contributed by atoms with Gasteiger partial charge in [0.05, 0.1) is 53.0 Å². The second-order valence-corrected chi connectivity index (χ2v) is 9.97. The molecule has 1 atom stereocenters. The zero-order valence-corrected chi connectivity index (χ0v) is 22.6. The van der Waals surface area contributed by atoms with Crippen LogP contribution in [0.25, 0.3) is 0 Å². The highest BCUT2D eigenvalue weighted by atomic mass is 35.5. The van der Waals surface area contributed by atoms with Gasteiger partial charge in [-0.25, -0.2) is 0 Å². The molecule has 3 aromatic rings. The van der Waals surface area contributed by atoms with Crippen molar-refractivity contribution in [2.24, 2.45) is 0 Å². The van der Waals surface area contributed by atoms with E-state index in [4.69, 9.17) is 32.4 Å². The zero-order chi connectivity index (χ0) is 27.2. The van der Waals surface area contributed by atoms with Gasteiger partial charge in [-0.15, -0.1) is 0 Å². The summed E-state index contributed by atoms with van der Waals surface area (Å²) in [6.07, 6.45) is 1.48. The number of anilines is 2. The van der Waals surface area contributed by atoms with Crippen molar-refractivity contribution in [3.8, 4) is 11.8 Å². The number of halogens is 2. The number of nitrogens with one attached hydrogen (secondary N) is 3. The first kappa shape index (κ1) is 27.2. The van der Waals surface area contributed by atoms with E-state index in [9.17, 15) is 14.9 Å². The number of benzene rings is 2. The molecule has 0 spiro atoms. The quantitative estimate of drug-likeness (QED) is 0.292. The van der Waals surface area contributed by atoms with Crippen molar-refractivity contribution in [3.05, 3.63) is 98.5 Å². The normalized spacial score (nSPS) is 15.0. The Bertz CT molecular complexity index is 1460. The zero-order valence-electron chi connectivity index (χ0n) is 20.3. The number of ether oxygens (including phenoxy) is 1. The van der Waals surface area contributed by atoms with Crippen LogP contribution in [0.1, 0.15) is 18.6 Å². The molecule has 2 aromatic carbocycles. The van der Waals surface area contributed by atoms with Gasteiger partial charge in [-0.1, -0.05) is 47.1 Å². The molecular formula is C27H22Cl2N4O4S. The molecule has 0 bridgehead atoms. The van der Waals surface area contributed by atoms with Crippen LogP contribution in [0.3, 0.4) is 0 Å². The van der Waals surface area contributed by atoms with Crippen molar-refractivity contribution in [1.82, 2.24) is 5.32 Å². The van der Waals surface area contributed by atoms with Gasteiger partial charge in [-0.3, -0.25) is 9.59 Å². The molecule has 1 aromatic heterocycles. The lowest BCUT2D eigenvalue weighted by atomic mass is 9.85. The standard InChI is InChI=1S/C27H22Cl2N4O4S/c1-15-24(26(35)33-20-6-3-4-7-21(20)36-2)25(22-8-5-9-37-22)19(13-30)27(31-15)38-14-23(34)32-18-11-16(28)10-17(29)12-18/h3-12,25,31H,14H2,1-2H3,(H,32,34)(H,33,35)/t25-/m0/s1. The smallest absolute Gasteiger partial charge is 0.254 e. The van der Waals surface area contributed by atoms with Gasteiger partial charge in [-0.2, -0.15) is 5.26 Å². The van der Waals surface area contributed by atoms with Crippen molar-refractivity contribution < 1.29 is 18.7 Å². The van der Waals surface area contributed by atoms with Crippen molar-refractivity contribution >= 4 is 58.2 Å². The van der Waals surface area contributed by atoms with E-state index in [0.29, 0.717) is 49.2 Å². The Hall–Kier alpha value is -3.84. The average Bonchev–Trinajstić information content (AvgIpc) is 3.41. The van der Waals surface area contributed by atoms with Crippen LogP contribution < -0.4 is 20.7 Å². The van der Waals surface area contributed by atoms with E-state index < -0.39 is 11.8 Å². The molecule has 0 radical (unpaired) electrons. The van der Waals surface area contributed by atoms with Crippen LogP contribution in [-0.4, -0.2) is 24.7 Å². The molecule has 4 rings (SSSR count). The summed E-state index contributed by atoms with van der Waals surface area (Å²) in [5.74, 6) is -0.633. The lowest BCUT2D eigenvalue weighted by Gasteiger charge is -2.28. The number of allylic oxidation sites excluding steroid dienone is 2. The van der Waals surface area contributed by atoms with Gasteiger partial charge >= 0.3 is 0 Å². The number of furan rings is 1. The average molecular weight is 569 g/mol. The first-order chi connectivity index (χ1) is 18.3. The fourth-order valence-electron chi connectivity index (χ4n) is 3.97. The minimum Gasteiger partial charge on any atom is -0.495 e. The van der Waals surface area contributed by atoms with E-state index >= 15 is 0 Å². The third kappa shape index (κ3) is 6.17. The highest BCUT2D eigenvalue weighted by Crippen LogP contribution is 2.41. The van der Waals surface area contributed by atoms with Gasteiger partial charge in [0.2, 0.25) is 5.91 Å². The highest BCUT2D eigenvalue weighted by Gasteiger charge is 2.36. The molecule has 1 aliphatic heterocycles. The number of carbonyl (C=O) groups is 2. The molecule has 0 saturated heterocycles. The summed E-state index contributed by atoms with van der Waals surface area (Å²) in [6.45, 7) is 1.73. The van der Waals surface area contributed by atoms with Crippen molar-refractivity contribution in [2.45, 2.75) is 12.8 Å². The molecule has 38 heavy (non-hydrogen) atoms. The van der Waals surface area contributed by atoms with Crippen LogP contribution in [0, 0.1) is 11.3 Å². The summed E-state index contributed by atoms with van der Waals surface area (Å²) in [6, 6.07) is 17.4. The van der Waals surface area contributed by atoms with E-state index in [1.807, 2.05) is 0 Å². The van der Waals surface area contributed by atoms with E-state index in [1.165, 1.54) is 13.4 Å². The molecule has 0 fully saturated rings. The second kappa shape index (κ2) is 12.1. The van der Waals surface area contributed by atoms with Crippen molar-refractivity contribution in [1.29, 1.82) is 5.26 Å². The number of para-hydroxylation sites is 2. The lowest BCUT2D eigenvalue weighted by molar-refractivity contribution is -0.114. The minimum absolute atomic E-state index is 0.0153. The number of thioether (sulfide) groups is 1. The number of nitrogens with zero attached hydrogens (tertiary/aromatic N) is 1. The summed E-state index contributed by atoms with van der Waals surface area (Å²) < 4.78 is 11.0. The van der Waals surface area contributed by atoms with Gasteiger partial charge in [-0.05, 0) is 49.4 Å². The SMILES string of the molecule is COc1ccccc1NC(=O)C1=C(C)NC(SCC(=O)Nc2cc(Cl)cc(Cl)c2)=C(C#N)[C@H]1c1ccco1. The maximum Gasteiger partial charge on any atom is 0.254 e. The molecule has 3 N–H and O–H groups in total. The van der Waals surface area contributed by atoms with E-state index in [-0.39, 0.29) is 17.2 Å². The molecule has 0 aliphatic carbocycles. The Morgan fingerprint density at radius 2 is 1.87 bits per heavy atom. The predicted octanol–water partition coefficient (Wildman–Crippen LogP) is 6.30. The molecule has 1 aliphatic rings. The van der Waals surface area contributed by atoms with Crippen LogP contribution in [0.2, 0.25) is 10.0 Å². The first-order valence-corrected chi connectivity index (χ1v) is 13.0. The molecule has 11 heteroatoms. The van der Waals surface area contributed by atoms with Crippen LogP contribution in [0.15, 0.2) is 87.1 Å². The van der Waals surface area contributed by atoms with Crippen LogP contribution in [-0.2, 0) is 9.59 Å². The number of nitriles is 1. The highest BCUT2D eigenvalue weighted by molar-refractivity contribution is 8.03. The largest absolute Gasteiger partial charge is 0.495 e. The van der Waals surface area contributed by atoms with E-state index in [2.05, 4.69) is 22.0 Å². The maximum atomic E-state index is 13.5. The molecule has 2 heterocycles. The van der Waals surface area contributed by atoms with E-state index in [1.54, 1.807) is 61.5 Å². The van der Waals surface area contributed by atoms with Crippen LogP contribution in [0.4, 0.5) is 11.4 Å². The lowest BCUT2D eigenvalue weighted by Crippen LogP contribution is -2.31. The van der Waals surface area contributed by atoms with Gasteiger partial charge in [0, 0.05) is 21.4 Å². The summed E-state index contributed by atoms with van der Waals surface area (Å²) in [5.41, 5.74) is 2.02. The number of hydrogen-bond acceptors (Lipinski definition) is 7.